The predicted molar refractivity (Wildman–Crippen MR) is 102 cm³/mol. The summed E-state index contributed by atoms with van der Waals surface area (Å²) in [5, 5.41) is 0. The van der Waals surface area contributed by atoms with Crippen LogP contribution >= 0.6 is 0 Å². The first-order chi connectivity index (χ1) is 11.9. The monoisotopic (exact) mass is 332 g/mol. The molecule has 0 unspecified atom stereocenters. The molecule has 1 aliphatic carbocycles. The average Bonchev–Trinajstić information content (AvgIpc) is 3.12. The summed E-state index contributed by atoms with van der Waals surface area (Å²) in [4.78, 5) is 13.3. The van der Waals surface area contributed by atoms with E-state index in [0.717, 1.165) is 5.56 Å². The Labute approximate surface area is 149 Å². The Balaban J connectivity index is 2.23. The van der Waals surface area contributed by atoms with Crippen molar-refractivity contribution in [2.45, 2.75) is 26.2 Å². The molecule has 0 amide bonds. The smallest absolute Gasteiger partial charge is 0.193 e. The minimum Gasteiger partial charge on any atom is -0.497 e. The normalized spacial score (nSPS) is 15.4. The highest BCUT2D eigenvalue weighted by atomic mass is 16.5. The molecule has 0 heterocycles. The predicted octanol–water partition coefficient (Wildman–Crippen LogP) is 5.34. The third-order valence-electron chi connectivity index (χ3n) is 5.02. The quantitative estimate of drug-likeness (QED) is 0.707. The highest BCUT2D eigenvalue weighted by Crippen LogP contribution is 2.48. The van der Waals surface area contributed by atoms with Crippen LogP contribution < -0.4 is 4.74 Å². The van der Waals surface area contributed by atoms with Gasteiger partial charge in [0.25, 0.3) is 0 Å². The van der Waals surface area contributed by atoms with Crippen molar-refractivity contribution in [2.75, 3.05) is 7.11 Å². The zero-order valence-electron chi connectivity index (χ0n) is 15.2. The van der Waals surface area contributed by atoms with Crippen LogP contribution in [0.4, 0.5) is 0 Å². The Morgan fingerprint density at radius 1 is 0.960 bits per heavy atom. The molecule has 0 spiro atoms. The van der Waals surface area contributed by atoms with Crippen LogP contribution in [0.25, 0.3) is 0 Å². The Bertz CT molecular complexity index is 824. The van der Waals surface area contributed by atoms with Gasteiger partial charge >= 0.3 is 0 Å². The van der Waals surface area contributed by atoms with E-state index in [1.54, 1.807) is 7.11 Å². The van der Waals surface area contributed by atoms with Crippen molar-refractivity contribution in [3.8, 4) is 5.75 Å². The molecule has 0 fully saturated rings. The molecule has 1 aliphatic rings. The summed E-state index contributed by atoms with van der Waals surface area (Å²) in [7, 11) is 1.63. The van der Waals surface area contributed by atoms with Crippen LogP contribution in [0, 0.1) is 5.41 Å². The lowest BCUT2D eigenvalue weighted by molar-refractivity contribution is 0.103. The van der Waals surface area contributed by atoms with Gasteiger partial charge in [-0.3, -0.25) is 4.79 Å². The summed E-state index contributed by atoms with van der Waals surface area (Å²) in [6.45, 7) is 6.61. The Kier molecular flexibility index (Phi) is 4.38. The number of hydrogen-bond donors (Lipinski definition) is 0. The van der Waals surface area contributed by atoms with Crippen LogP contribution in [-0.4, -0.2) is 12.9 Å². The topological polar surface area (TPSA) is 26.3 Å². The number of methoxy groups -OCH3 is 1. The van der Waals surface area contributed by atoms with Crippen molar-refractivity contribution in [1.82, 2.24) is 0 Å². The summed E-state index contributed by atoms with van der Waals surface area (Å²) in [6.07, 6.45) is 8.51. The molecule has 0 bridgehead atoms. The van der Waals surface area contributed by atoms with E-state index < -0.39 is 0 Å². The molecule has 2 nitrogen and oxygen atoms in total. The summed E-state index contributed by atoms with van der Waals surface area (Å²) < 4.78 is 5.39. The second-order valence-corrected chi connectivity index (χ2v) is 7.44. The van der Waals surface area contributed by atoms with Crippen LogP contribution in [0.1, 0.15) is 42.3 Å². The number of ether oxygens (including phenoxy) is 1. The van der Waals surface area contributed by atoms with E-state index in [9.17, 15) is 4.79 Å². The van der Waals surface area contributed by atoms with E-state index in [1.165, 1.54) is 0 Å². The molecule has 2 heteroatoms. The fraction of sp³-hybridized carbons (Fsp3) is 0.261. The lowest BCUT2D eigenvalue weighted by Gasteiger charge is -2.41. The largest absolute Gasteiger partial charge is 0.497 e. The molecule has 0 aromatic heterocycles. The van der Waals surface area contributed by atoms with Crippen molar-refractivity contribution < 1.29 is 9.53 Å². The van der Waals surface area contributed by atoms with E-state index in [0.29, 0.717) is 16.9 Å². The van der Waals surface area contributed by atoms with Gasteiger partial charge in [-0.1, -0.05) is 81.5 Å². The Hall–Kier alpha value is -2.61. The number of ketones is 1. The van der Waals surface area contributed by atoms with Crippen molar-refractivity contribution in [3.63, 3.8) is 0 Å². The number of carbonyl (C=O) groups excluding carboxylic acids is 1. The number of benzene rings is 2. The van der Waals surface area contributed by atoms with Crippen molar-refractivity contribution in [2.24, 2.45) is 5.41 Å². The molecule has 2 aromatic rings. The van der Waals surface area contributed by atoms with Gasteiger partial charge in [0.05, 0.1) is 7.11 Å². The van der Waals surface area contributed by atoms with Crippen LogP contribution in [0.3, 0.4) is 0 Å². The molecule has 128 valence electrons. The molecule has 0 saturated carbocycles. The third kappa shape index (κ3) is 2.93. The number of hydrogen-bond acceptors (Lipinski definition) is 2. The first-order valence-electron chi connectivity index (χ1n) is 8.54. The minimum absolute atomic E-state index is 0.0202. The Morgan fingerprint density at radius 2 is 1.60 bits per heavy atom. The summed E-state index contributed by atoms with van der Waals surface area (Å²) in [5.41, 5.74) is 2.00. The van der Waals surface area contributed by atoms with Gasteiger partial charge in [-0.05, 0) is 23.1 Å². The first-order valence-corrected chi connectivity index (χ1v) is 8.54. The first kappa shape index (κ1) is 17.2. The fourth-order valence-corrected chi connectivity index (χ4v) is 3.50. The zero-order valence-corrected chi connectivity index (χ0v) is 15.2. The van der Waals surface area contributed by atoms with Gasteiger partial charge in [-0.2, -0.15) is 0 Å². The molecule has 0 saturated heterocycles. The maximum atomic E-state index is 13.3. The van der Waals surface area contributed by atoms with Gasteiger partial charge < -0.3 is 4.74 Å². The minimum atomic E-state index is -0.320. The molecule has 0 N–H and O–H groups in total. The maximum Gasteiger partial charge on any atom is 0.193 e. The lowest BCUT2D eigenvalue weighted by Crippen LogP contribution is -2.37. The van der Waals surface area contributed by atoms with Crippen molar-refractivity contribution in [3.05, 3.63) is 89.5 Å². The molecular weight excluding hydrogens is 308 g/mol. The zero-order chi connectivity index (χ0) is 18.1. The van der Waals surface area contributed by atoms with E-state index in [2.05, 4.69) is 45.1 Å². The molecule has 2 aromatic carbocycles. The van der Waals surface area contributed by atoms with Gasteiger partial charge in [-0.25, -0.2) is 0 Å². The molecule has 25 heavy (non-hydrogen) atoms. The second kappa shape index (κ2) is 6.36. The number of allylic oxidation sites excluding steroid dienone is 4. The summed E-state index contributed by atoms with van der Waals surface area (Å²) >= 11 is 0. The average molecular weight is 332 g/mol. The van der Waals surface area contributed by atoms with Crippen LogP contribution in [0.2, 0.25) is 0 Å². The van der Waals surface area contributed by atoms with Crippen LogP contribution in [0.5, 0.6) is 5.75 Å². The second-order valence-electron chi connectivity index (χ2n) is 7.44. The van der Waals surface area contributed by atoms with Crippen molar-refractivity contribution >= 4 is 5.78 Å². The van der Waals surface area contributed by atoms with Crippen molar-refractivity contribution in [1.29, 1.82) is 0 Å². The van der Waals surface area contributed by atoms with E-state index in [-0.39, 0.29) is 16.6 Å². The molecule has 0 aliphatic heterocycles. The fourth-order valence-electron chi connectivity index (χ4n) is 3.50. The van der Waals surface area contributed by atoms with E-state index in [1.807, 2.05) is 48.5 Å². The molecule has 0 radical (unpaired) electrons. The van der Waals surface area contributed by atoms with Gasteiger partial charge in [0, 0.05) is 16.5 Å². The van der Waals surface area contributed by atoms with Gasteiger partial charge in [0.1, 0.15) is 5.75 Å². The van der Waals surface area contributed by atoms with Gasteiger partial charge in [-0.15, -0.1) is 0 Å². The highest BCUT2D eigenvalue weighted by Gasteiger charge is 2.42. The van der Waals surface area contributed by atoms with Crippen LogP contribution in [0.15, 0.2) is 72.8 Å². The van der Waals surface area contributed by atoms with Crippen LogP contribution in [-0.2, 0) is 5.41 Å². The molecule has 3 rings (SSSR count). The molecular formula is C23H24O2. The number of rotatable bonds is 4. The van der Waals surface area contributed by atoms with E-state index in [4.69, 9.17) is 4.74 Å². The van der Waals surface area contributed by atoms with Gasteiger partial charge in [0.15, 0.2) is 5.78 Å². The standard InChI is InChI=1S/C23H24O2/c1-22(2,3)23(14-8-9-15-23)20-13-12-18(25-4)16-19(20)21(24)17-10-6-5-7-11-17/h5-16H,1-4H3. The number of carbonyl (C=O) groups is 1. The van der Waals surface area contributed by atoms with Gasteiger partial charge in [0.2, 0.25) is 0 Å². The highest BCUT2D eigenvalue weighted by molar-refractivity contribution is 6.10. The summed E-state index contributed by atoms with van der Waals surface area (Å²) in [6, 6.07) is 15.2. The van der Waals surface area contributed by atoms with E-state index >= 15 is 0 Å². The molecule has 0 atom stereocenters. The Morgan fingerprint density at radius 3 is 2.16 bits per heavy atom. The third-order valence-corrected chi connectivity index (χ3v) is 5.02. The SMILES string of the molecule is COc1ccc(C2(C(C)(C)C)C=CC=C2)c(C(=O)c2ccccc2)c1. The maximum absolute atomic E-state index is 13.3. The summed E-state index contributed by atoms with van der Waals surface area (Å²) in [5.74, 6) is 0.713. The lowest BCUT2D eigenvalue weighted by atomic mass is 9.62.